The second-order valence-electron chi connectivity index (χ2n) is 4.21. The third kappa shape index (κ3) is 2.07. The number of carbonyl (C=O) groups is 1. The number of nitrogens with zero attached hydrogens (tertiary/aromatic N) is 1. The molecule has 0 unspecified atom stereocenters. The van der Waals surface area contributed by atoms with Gasteiger partial charge in [-0.05, 0) is 24.1 Å². The Kier molecular flexibility index (Phi) is 2.72. The number of carbonyl (C=O) groups excluding carboxylic acids is 1. The van der Waals surface area contributed by atoms with E-state index in [1.54, 1.807) is 12.3 Å². The molecular formula is C13H13N3O2. The van der Waals surface area contributed by atoms with Gasteiger partial charge in [0.25, 0.3) is 5.91 Å². The molecule has 0 fully saturated rings. The van der Waals surface area contributed by atoms with Crippen LogP contribution in [-0.2, 0) is 13.0 Å². The van der Waals surface area contributed by atoms with Crippen LogP contribution in [0.25, 0.3) is 0 Å². The molecule has 92 valence electrons. The summed E-state index contributed by atoms with van der Waals surface area (Å²) in [6, 6.07) is 7.46. The van der Waals surface area contributed by atoms with Crippen molar-refractivity contribution < 1.29 is 9.32 Å². The molecule has 0 bridgehead atoms. The van der Waals surface area contributed by atoms with Gasteiger partial charge in [0.1, 0.15) is 0 Å². The Morgan fingerprint density at radius 1 is 1.44 bits per heavy atom. The lowest BCUT2D eigenvalue weighted by atomic mass is 10.1. The summed E-state index contributed by atoms with van der Waals surface area (Å²) >= 11 is 0. The number of fused-ring (bicyclic) bond motifs is 1. The number of aromatic nitrogens is 1. The van der Waals surface area contributed by atoms with Crippen molar-refractivity contribution >= 4 is 11.6 Å². The van der Waals surface area contributed by atoms with Crippen molar-refractivity contribution in [3.05, 3.63) is 47.3 Å². The van der Waals surface area contributed by atoms with Gasteiger partial charge in [-0.1, -0.05) is 11.2 Å². The lowest BCUT2D eigenvalue weighted by Gasteiger charge is -2.05. The fraction of sp³-hybridized carbons (Fsp3) is 0.231. The largest absolute Gasteiger partial charge is 0.384 e. The van der Waals surface area contributed by atoms with Gasteiger partial charge in [0.05, 0.1) is 12.7 Å². The van der Waals surface area contributed by atoms with Crippen LogP contribution in [0.4, 0.5) is 5.69 Å². The molecule has 0 aliphatic carbocycles. The fourth-order valence-electron chi connectivity index (χ4n) is 2.03. The summed E-state index contributed by atoms with van der Waals surface area (Å²) in [6.45, 7) is 1.29. The predicted molar refractivity (Wildman–Crippen MR) is 66.3 cm³/mol. The molecule has 2 aromatic rings. The summed E-state index contributed by atoms with van der Waals surface area (Å²) in [5, 5.41) is 9.63. The van der Waals surface area contributed by atoms with E-state index in [1.165, 1.54) is 5.56 Å². The summed E-state index contributed by atoms with van der Waals surface area (Å²) in [5.74, 6) is 0.533. The van der Waals surface area contributed by atoms with Crippen LogP contribution >= 0.6 is 0 Å². The van der Waals surface area contributed by atoms with Gasteiger partial charge in [-0.3, -0.25) is 4.79 Å². The van der Waals surface area contributed by atoms with E-state index in [-0.39, 0.29) is 5.91 Å². The Balaban J connectivity index is 1.69. The van der Waals surface area contributed by atoms with Gasteiger partial charge in [-0.25, -0.2) is 0 Å². The van der Waals surface area contributed by atoms with Crippen LogP contribution in [0, 0.1) is 0 Å². The maximum Gasteiger partial charge on any atom is 0.251 e. The smallest absolute Gasteiger partial charge is 0.251 e. The number of anilines is 1. The van der Waals surface area contributed by atoms with E-state index < -0.39 is 0 Å². The van der Waals surface area contributed by atoms with Crippen LogP contribution < -0.4 is 10.6 Å². The lowest BCUT2D eigenvalue weighted by molar-refractivity contribution is 0.0947. The minimum absolute atomic E-state index is 0.108. The molecule has 0 radical (unpaired) electrons. The molecule has 0 saturated carbocycles. The molecule has 18 heavy (non-hydrogen) atoms. The first-order chi connectivity index (χ1) is 8.83. The second-order valence-corrected chi connectivity index (χ2v) is 4.21. The molecule has 1 amide bonds. The quantitative estimate of drug-likeness (QED) is 0.858. The molecule has 0 saturated heterocycles. The number of hydrogen-bond donors (Lipinski definition) is 2. The minimum atomic E-state index is -0.108. The van der Waals surface area contributed by atoms with Gasteiger partial charge in [0.2, 0.25) is 0 Å². The molecule has 0 atom stereocenters. The highest BCUT2D eigenvalue weighted by Crippen LogP contribution is 2.23. The van der Waals surface area contributed by atoms with E-state index in [1.807, 2.05) is 18.2 Å². The monoisotopic (exact) mass is 243 g/mol. The van der Waals surface area contributed by atoms with Crippen molar-refractivity contribution in [3.63, 3.8) is 0 Å². The summed E-state index contributed by atoms with van der Waals surface area (Å²) in [5.41, 5.74) is 2.98. The Bertz CT molecular complexity index is 564. The Morgan fingerprint density at radius 2 is 2.39 bits per heavy atom. The van der Waals surface area contributed by atoms with Crippen molar-refractivity contribution in [2.45, 2.75) is 13.0 Å². The zero-order valence-corrected chi connectivity index (χ0v) is 9.77. The van der Waals surface area contributed by atoms with Crippen LogP contribution in [0.2, 0.25) is 0 Å². The third-order valence-electron chi connectivity index (χ3n) is 3.00. The number of hydrogen-bond acceptors (Lipinski definition) is 4. The Morgan fingerprint density at radius 3 is 3.22 bits per heavy atom. The van der Waals surface area contributed by atoms with Crippen molar-refractivity contribution in [3.8, 4) is 0 Å². The van der Waals surface area contributed by atoms with Crippen LogP contribution in [-0.4, -0.2) is 17.6 Å². The van der Waals surface area contributed by atoms with Gasteiger partial charge in [-0.15, -0.1) is 0 Å². The van der Waals surface area contributed by atoms with Gasteiger partial charge in [-0.2, -0.15) is 0 Å². The maximum absolute atomic E-state index is 11.9. The molecule has 2 heterocycles. The van der Waals surface area contributed by atoms with E-state index in [2.05, 4.69) is 15.8 Å². The summed E-state index contributed by atoms with van der Waals surface area (Å²) in [6.07, 6.45) is 2.58. The molecule has 2 N–H and O–H groups in total. The zero-order valence-electron chi connectivity index (χ0n) is 9.77. The number of rotatable bonds is 3. The molecule has 5 heteroatoms. The first kappa shape index (κ1) is 10.8. The Hall–Kier alpha value is -2.30. The number of nitrogens with one attached hydrogen (secondary N) is 2. The van der Waals surface area contributed by atoms with Crippen LogP contribution in [0.1, 0.15) is 21.7 Å². The molecule has 1 aromatic heterocycles. The summed E-state index contributed by atoms with van der Waals surface area (Å²) < 4.78 is 4.92. The SMILES string of the molecule is O=C(NCc1ccno1)c1ccc2c(c1)NCC2. The Labute approximate surface area is 104 Å². The highest BCUT2D eigenvalue weighted by Gasteiger charge is 2.13. The molecule has 5 nitrogen and oxygen atoms in total. The molecular weight excluding hydrogens is 230 g/mol. The van der Waals surface area contributed by atoms with E-state index in [9.17, 15) is 4.79 Å². The molecule has 1 aliphatic heterocycles. The van der Waals surface area contributed by atoms with Gasteiger partial charge in [0.15, 0.2) is 5.76 Å². The standard InChI is InChI=1S/C13H13N3O2/c17-13(15-8-11-4-6-16-18-11)10-2-1-9-3-5-14-12(9)7-10/h1-2,4,6-7,14H,3,5,8H2,(H,15,17). The first-order valence-electron chi connectivity index (χ1n) is 5.87. The summed E-state index contributed by atoms with van der Waals surface area (Å²) in [7, 11) is 0. The van der Waals surface area contributed by atoms with Crippen LogP contribution in [0.5, 0.6) is 0 Å². The molecule has 1 aromatic carbocycles. The highest BCUT2D eigenvalue weighted by atomic mass is 16.5. The average Bonchev–Trinajstić information content (AvgIpc) is 3.05. The number of benzene rings is 1. The van der Waals surface area contributed by atoms with Crippen LogP contribution in [0.15, 0.2) is 35.0 Å². The number of amides is 1. The van der Waals surface area contributed by atoms with E-state index in [4.69, 9.17) is 4.52 Å². The highest BCUT2D eigenvalue weighted by molar-refractivity contribution is 5.95. The van der Waals surface area contributed by atoms with Crippen molar-refractivity contribution in [1.29, 1.82) is 0 Å². The topological polar surface area (TPSA) is 67.2 Å². The lowest BCUT2D eigenvalue weighted by Crippen LogP contribution is -2.22. The summed E-state index contributed by atoms with van der Waals surface area (Å²) in [4.78, 5) is 11.9. The van der Waals surface area contributed by atoms with Gasteiger partial charge in [0, 0.05) is 23.9 Å². The fourth-order valence-corrected chi connectivity index (χ4v) is 2.03. The predicted octanol–water partition coefficient (Wildman–Crippen LogP) is 1.57. The van der Waals surface area contributed by atoms with Gasteiger partial charge >= 0.3 is 0 Å². The first-order valence-corrected chi connectivity index (χ1v) is 5.87. The van der Waals surface area contributed by atoms with Gasteiger partial charge < -0.3 is 15.2 Å². The molecule has 0 spiro atoms. The van der Waals surface area contributed by atoms with E-state index in [0.29, 0.717) is 17.9 Å². The third-order valence-corrected chi connectivity index (χ3v) is 3.00. The van der Waals surface area contributed by atoms with Crippen molar-refractivity contribution in [1.82, 2.24) is 10.5 Å². The molecule has 3 rings (SSSR count). The van der Waals surface area contributed by atoms with Crippen LogP contribution in [0.3, 0.4) is 0 Å². The second kappa shape index (κ2) is 4.52. The van der Waals surface area contributed by atoms with E-state index >= 15 is 0 Å². The van der Waals surface area contributed by atoms with Crippen molar-refractivity contribution in [2.75, 3.05) is 11.9 Å². The van der Waals surface area contributed by atoms with E-state index in [0.717, 1.165) is 18.7 Å². The normalized spacial score (nSPS) is 12.9. The van der Waals surface area contributed by atoms with Crippen molar-refractivity contribution in [2.24, 2.45) is 0 Å². The average molecular weight is 243 g/mol. The zero-order chi connectivity index (χ0) is 12.4. The molecule has 1 aliphatic rings. The maximum atomic E-state index is 11.9. The minimum Gasteiger partial charge on any atom is -0.384 e.